The maximum absolute atomic E-state index is 6.07. The molecule has 3 heteroatoms. The van der Waals surface area contributed by atoms with Crippen LogP contribution in [0.25, 0.3) is 0 Å². The van der Waals surface area contributed by atoms with Gasteiger partial charge in [0, 0.05) is 0 Å². The molecule has 0 fully saturated rings. The van der Waals surface area contributed by atoms with Crippen molar-refractivity contribution in [1.29, 1.82) is 0 Å². The van der Waals surface area contributed by atoms with Crippen LogP contribution in [0.4, 0.5) is 0 Å². The van der Waals surface area contributed by atoms with E-state index in [1.165, 1.54) is 0 Å². The number of hydrogen-bond acceptors (Lipinski definition) is 3. The Morgan fingerprint density at radius 3 is 2.15 bits per heavy atom. The molecule has 0 saturated heterocycles. The topological polar surface area (TPSA) is 27.7 Å². The number of hydrogen-bond donors (Lipinski definition) is 0. The molecule has 0 amide bonds. The summed E-state index contributed by atoms with van der Waals surface area (Å²) in [6.45, 7) is 12.4. The van der Waals surface area contributed by atoms with Gasteiger partial charge in [-0.25, -0.2) is 0 Å². The van der Waals surface area contributed by atoms with E-state index in [4.69, 9.17) is 14.2 Å². The lowest BCUT2D eigenvalue weighted by Crippen LogP contribution is -2.33. The van der Waals surface area contributed by atoms with Gasteiger partial charge in [0.15, 0.2) is 0 Å². The first-order chi connectivity index (χ1) is 12.7. The lowest BCUT2D eigenvalue weighted by molar-refractivity contribution is -0.0602. The van der Waals surface area contributed by atoms with Crippen molar-refractivity contribution >= 4 is 0 Å². The van der Waals surface area contributed by atoms with Crippen LogP contribution in [0.1, 0.15) is 17.2 Å². The van der Waals surface area contributed by atoms with Crippen LogP contribution < -0.4 is 4.74 Å². The second-order valence-electron chi connectivity index (χ2n) is 5.88. The van der Waals surface area contributed by atoms with Crippen molar-refractivity contribution in [3.8, 4) is 5.75 Å². The molecule has 0 saturated carbocycles. The Morgan fingerprint density at radius 2 is 1.62 bits per heavy atom. The third kappa shape index (κ3) is 5.19. The zero-order valence-electron chi connectivity index (χ0n) is 15.3. The highest BCUT2D eigenvalue weighted by molar-refractivity contribution is 5.30. The summed E-state index contributed by atoms with van der Waals surface area (Å²) >= 11 is 0. The number of rotatable bonds is 11. The standard InChI is InChI=1S/C23H26O3/c1-5-22(20-13-15-21(24-4)16-14-20)25-18-23(6-2,7-3)26-17-19-11-9-8-10-12-19/h5-16,22H,1-3,17-18H2,4H3. The molecule has 0 heterocycles. The number of ether oxygens (including phenoxy) is 3. The fraction of sp³-hybridized carbons (Fsp3) is 0.217. The van der Waals surface area contributed by atoms with Crippen LogP contribution in [-0.4, -0.2) is 19.3 Å². The van der Waals surface area contributed by atoms with Gasteiger partial charge < -0.3 is 14.2 Å². The van der Waals surface area contributed by atoms with Crippen molar-refractivity contribution in [3.05, 3.63) is 104 Å². The van der Waals surface area contributed by atoms with Gasteiger partial charge in [-0.15, -0.1) is 6.58 Å². The zero-order valence-corrected chi connectivity index (χ0v) is 15.3. The Hall–Kier alpha value is -2.62. The summed E-state index contributed by atoms with van der Waals surface area (Å²) < 4.78 is 17.3. The Balaban J connectivity index is 2.03. The molecule has 0 aliphatic heterocycles. The van der Waals surface area contributed by atoms with Gasteiger partial charge in [0.05, 0.1) is 20.3 Å². The first kappa shape index (κ1) is 19.7. The summed E-state index contributed by atoms with van der Waals surface area (Å²) in [6.07, 6.45) is 4.94. The molecule has 0 radical (unpaired) electrons. The van der Waals surface area contributed by atoms with Crippen molar-refractivity contribution < 1.29 is 14.2 Å². The second-order valence-corrected chi connectivity index (χ2v) is 5.88. The summed E-state index contributed by atoms with van der Waals surface area (Å²) in [4.78, 5) is 0. The molecule has 0 N–H and O–H groups in total. The molecular weight excluding hydrogens is 324 g/mol. The van der Waals surface area contributed by atoms with Gasteiger partial charge in [-0.3, -0.25) is 0 Å². The van der Waals surface area contributed by atoms with E-state index in [1.807, 2.05) is 54.6 Å². The quantitative estimate of drug-likeness (QED) is 0.517. The van der Waals surface area contributed by atoms with Crippen LogP contribution >= 0.6 is 0 Å². The van der Waals surface area contributed by atoms with Gasteiger partial charge in [0.2, 0.25) is 0 Å². The normalized spacial score (nSPS) is 12.2. The lowest BCUT2D eigenvalue weighted by atomic mass is 10.0. The molecule has 136 valence electrons. The zero-order chi connectivity index (χ0) is 18.8. The third-order valence-electron chi connectivity index (χ3n) is 4.19. The van der Waals surface area contributed by atoms with Crippen LogP contribution in [0.3, 0.4) is 0 Å². The molecule has 2 rings (SSSR count). The van der Waals surface area contributed by atoms with Gasteiger partial charge in [0.25, 0.3) is 0 Å². The first-order valence-corrected chi connectivity index (χ1v) is 8.49. The van der Waals surface area contributed by atoms with Crippen molar-refractivity contribution in [1.82, 2.24) is 0 Å². The van der Waals surface area contributed by atoms with Gasteiger partial charge in [-0.2, -0.15) is 0 Å². The summed E-state index contributed by atoms with van der Waals surface area (Å²) in [5, 5.41) is 0. The van der Waals surface area contributed by atoms with Crippen molar-refractivity contribution in [2.45, 2.75) is 18.3 Å². The molecule has 2 aromatic rings. The predicted octanol–water partition coefficient (Wildman–Crippen LogP) is 5.27. The van der Waals surface area contributed by atoms with Crippen LogP contribution in [0.5, 0.6) is 5.75 Å². The Kier molecular flexibility index (Phi) is 7.39. The summed E-state index contributed by atoms with van der Waals surface area (Å²) in [5.74, 6) is 0.800. The van der Waals surface area contributed by atoms with Crippen molar-refractivity contribution in [2.24, 2.45) is 0 Å². The van der Waals surface area contributed by atoms with E-state index in [0.29, 0.717) is 6.61 Å². The maximum Gasteiger partial charge on any atom is 0.128 e. The van der Waals surface area contributed by atoms with Crippen LogP contribution in [0, 0.1) is 0 Å². The van der Waals surface area contributed by atoms with Crippen LogP contribution in [0.15, 0.2) is 92.6 Å². The average Bonchev–Trinajstić information content (AvgIpc) is 2.72. The summed E-state index contributed by atoms with van der Waals surface area (Å²) in [7, 11) is 1.64. The average molecular weight is 350 g/mol. The molecule has 1 unspecified atom stereocenters. The SMILES string of the molecule is C=CC(OCC(C=C)(C=C)OCc1ccccc1)c1ccc(OC)cc1. The van der Waals surface area contributed by atoms with Gasteiger partial charge in [-0.1, -0.05) is 73.9 Å². The predicted molar refractivity (Wildman–Crippen MR) is 106 cm³/mol. The minimum absolute atomic E-state index is 0.263. The monoisotopic (exact) mass is 350 g/mol. The maximum atomic E-state index is 6.07. The highest BCUT2D eigenvalue weighted by atomic mass is 16.5. The van der Waals surface area contributed by atoms with E-state index in [0.717, 1.165) is 16.9 Å². The minimum Gasteiger partial charge on any atom is -0.497 e. The molecule has 26 heavy (non-hydrogen) atoms. The van der Waals surface area contributed by atoms with Crippen LogP contribution in [0.2, 0.25) is 0 Å². The van der Waals surface area contributed by atoms with E-state index in [-0.39, 0.29) is 12.7 Å². The second kappa shape index (κ2) is 9.76. The highest BCUT2D eigenvalue weighted by Gasteiger charge is 2.25. The van der Waals surface area contributed by atoms with Gasteiger partial charge in [-0.05, 0) is 23.3 Å². The number of benzene rings is 2. The summed E-state index contributed by atoms with van der Waals surface area (Å²) in [5.41, 5.74) is 1.30. The molecule has 0 aliphatic carbocycles. The largest absolute Gasteiger partial charge is 0.497 e. The molecule has 1 atom stereocenters. The van der Waals surface area contributed by atoms with Crippen LogP contribution in [-0.2, 0) is 16.1 Å². The first-order valence-electron chi connectivity index (χ1n) is 8.49. The fourth-order valence-electron chi connectivity index (χ4n) is 2.47. The molecule has 0 bridgehead atoms. The van der Waals surface area contributed by atoms with E-state index in [2.05, 4.69) is 19.7 Å². The van der Waals surface area contributed by atoms with Crippen molar-refractivity contribution in [3.63, 3.8) is 0 Å². The Labute approximate surface area is 156 Å². The number of methoxy groups -OCH3 is 1. The molecule has 0 aliphatic rings. The highest BCUT2D eigenvalue weighted by Crippen LogP contribution is 2.25. The molecule has 0 spiro atoms. The minimum atomic E-state index is -0.774. The van der Waals surface area contributed by atoms with Gasteiger partial charge in [0.1, 0.15) is 17.5 Å². The molecule has 3 nitrogen and oxygen atoms in total. The third-order valence-corrected chi connectivity index (χ3v) is 4.19. The molecule has 0 aromatic heterocycles. The Bertz CT molecular complexity index is 696. The van der Waals surface area contributed by atoms with Crippen molar-refractivity contribution in [2.75, 3.05) is 13.7 Å². The van der Waals surface area contributed by atoms with E-state index < -0.39 is 5.60 Å². The van der Waals surface area contributed by atoms with E-state index in [9.17, 15) is 0 Å². The summed E-state index contributed by atoms with van der Waals surface area (Å²) in [6, 6.07) is 17.7. The smallest absolute Gasteiger partial charge is 0.128 e. The molecule has 2 aromatic carbocycles. The van der Waals surface area contributed by atoms with E-state index in [1.54, 1.807) is 25.3 Å². The Morgan fingerprint density at radius 1 is 0.962 bits per heavy atom. The van der Waals surface area contributed by atoms with E-state index >= 15 is 0 Å². The molecular formula is C23H26O3. The van der Waals surface area contributed by atoms with Gasteiger partial charge >= 0.3 is 0 Å². The lowest BCUT2D eigenvalue weighted by Gasteiger charge is -2.29. The fourth-order valence-corrected chi connectivity index (χ4v) is 2.47.